The van der Waals surface area contributed by atoms with Crippen molar-refractivity contribution in [3.8, 4) is 17.2 Å². The summed E-state index contributed by atoms with van der Waals surface area (Å²) in [7, 11) is 3.21. The summed E-state index contributed by atoms with van der Waals surface area (Å²) in [6.45, 7) is 5.24. The third-order valence-electron chi connectivity index (χ3n) is 5.04. The van der Waals surface area contributed by atoms with Crippen LogP contribution in [0.2, 0.25) is 0 Å². The van der Waals surface area contributed by atoms with Gasteiger partial charge in [0.05, 0.1) is 33.4 Å². The molecule has 2 amide bonds. The fourth-order valence-corrected chi connectivity index (χ4v) is 3.28. The molecule has 1 fully saturated rings. The quantitative estimate of drug-likeness (QED) is 0.786. The van der Waals surface area contributed by atoms with Crippen molar-refractivity contribution in [2.24, 2.45) is 0 Å². The minimum Gasteiger partial charge on any atom is -0.493 e. The van der Waals surface area contributed by atoms with Crippen LogP contribution in [0.15, 0.2) is 42.5 Å². The second-order valence-electron chi connectivity index (χ2n) is 6.94. The van der Waals surface area contributed by atoms with E-state index in [2.05, 4.69) is 5.32 Å². The molecule has 0 saturated carbocycles. The molecule has 0 unspecified atom stereocenters. The molecule has 1 N–H and O–H groups in total. The minimum absolute atomic E-state index is 0.0352. The largest absolute Gasteiger partial charge is 0.493 e. The molecule has 6 heteroatoms. The second kappa shape index (κ2) is 8.87. The van der Waals surface area contributed by atoms with Crippen LogP contribution in [0.5, 0.6) is 17.2 Å². The summed E-state index contributed by atoms with van der Waals surface area (Å²) >= 11 is 0. The van der Waals surface area contributed by atoms with E-state index in [1.54, 1.807) is 19.1 Å². The van der Waals surface area contributed by atoms with E-state index in [1.807, 2.05) is 56.3 Å². The number of likely N-dealkylation sites (tertiary alicyclic amines) is 1. The molecule has 1 saturated heterocycles. The number of carbonyl (C=O) groups excluding carboxylic acids is 1. The molecule has 0 bridgehead atoms. The van der Waals surface area contributed by atoms with Gasteiger partial charge in [0.2, 0.25) is 0 Å². The van der Waals surface area contributed by atoms with Crippen molar-refractivity contribution in [2.75, 3.05) is 27.3 Å². The summed E-state index contributed by atoms with van der Waals surface area (Å²) in [4.78, 5) is 14.4. The van der Waals surface area contributed by atoms with Gasteiger partial charge in [-0.2, -0.15) is 0 Å². The first-order chi connectivity index (χ1) is 13.5. The van der Waals surface area contributed by atoms with Gasteiger partial charge in [-0.25, -0.2) is 4.79 Å². The Labute approximate surface area is 166 Å². The van der Waals surface area contributed by atoms with E-state index in [0.717, 1.165) is 23.3 Å². The van der Waals surface area contributed by atoms with Gasteiger partial charge in [-0.1, -0.05) is 31.2 Å². The highest BCUT2D eigenvalue weighted by Gasteiger charge is 2.33. The lowest BCUT2D eigenvalue weighted by atomic mass is 10.0. The van der Waals surface area contributed by atoms with Crippen molar-refractivity contribution in [1.82, 2.24) is 10.2 Å². The molecule has 1 atom stereocenters. The van der Waals surface area contributed by atoms with Crippen LogP contribution in [0.4, 0.5) is 4.79 Å². The number of urea groups is 1. The zero-order valence-electron chi connectivity index (χ0n) is 16.9. The number of hydrogen-bond acceptors (Lipinski definition) is 4. The molecule has 0 radical (unpaired) electrons. The molecule has 6 nitrogen and oxygen atoms in total. The molecule has 0 aromatic heterocycles. The summed E-state index contributed by atoms with van der Waals surface area (Å²) < 4.78 is 16.6. The van der Waals surface area contributed by atoms with E-state index < -0.39 is 0 Å². The Morgan fingerprint density at radius 3 is 2.46 bits per heavy atom. The number of nitrogens with one attached hydrogen (secondary N) is 1. The Bertz CT molecular complexity index is 818. The first-order valence-electron chi connectivity index (χ1n) is 9.55. The highest BCUT2D eigenvalue weighted by atomic mass is 16.5. The maximum absolute atomic E-state index is 12.6. The molecule has 1 aliphatic heterocycles. The second-order valence-corrected chi connectivity index (χ2v) is 6.94. The highest BCUT2D eigenvalue weighted by molar-refractivity contribution is 5.75. The van der Waals surface area contributed by atoms with Crippen LogP contribution >= 0.6 is 0 Å². The van der Waals surface area contributed by atoms with E-state index >= 15 is 0 Å². The van der Waals surface area contributed by atoms with Gasteiger partial charge in [-0.3, -0.25) is 0 Å². The molecular weight excluding hydrogens is 356 g/mol. The van der Waals surface area contributed by atoms with Crippen molar-refractivity contribution < 1.29 is 19.0 Å². The summed E-state index contributed by atoms with van der Waals surface area (Å²) in [5.41, 5.74) is 2.09. The SMILES string of the molecule is CC[C@H](NC(=O)N1CC(Oc2ccccc2C)C1)c1ccc(OC)c(OC)c1. The molecule has 2 aromatic rings. The number of amides is 2. The van der Waals surface area contributed by atoms with Gasteiger partial charge in [0.1, 0.15) is 11.9 Å². The number of ether oxygens (including phenoxy) is 3. The number of benzene rings is 2. The lowest BCUT2D eigenvalue weighted by molar-refractivity contribution is 0.0429. The Kier molecular flexibility index (Phi) is 6.29. The van der Waals surface area contributed by atoms with Crippen LogP contribution in [0.25, 0.3) is 0 Å². The standard InChI is InChI=1S/C22H28N2O4/c1-5-18(16-10-11-20(26-3)21(12-16)27-4)23-22(25)24-13-17(14-24)28-19-9-7-6-8-15(19)2/h6-12,17-18H,5,13-14H2,1-4H3,(H,23,25)/t18-/m0/s1. The Morgan fingerprint density at radius 1 is 1.11 bits per heavy atom. The minimum atomic E-state index is -0.0938. The Morgan fingerprint density at radius 2 is 1.82 bits per heavy atom. The van der Waals surface area contributed by atoms with Gasteiger partial charge < -0.3 is 24.4 Å². The maximum atomic E-state index is 12.6. The molecular formula is C22H28N2O4. The van der Waals surface area contributed by atoms with Gasteiger partial charge in [0.15, 0.2) is 11.5 Å². The topological polar surface area (TPSA) is 60.0 Å². The molecule has 3 rings (SSSR count). The van der Waals surface area contributed by atoms with Gasteiger partial charge in [-0.05, 0) is 42.7 Å². The third-order valence-corrected chi connectivity index (χ3v) is 5.04. The van der Waals surface area contributed by atoms with Crippen LogP contribution < -0.4 is 19.5 Å². The average molecular weight is 384 g/mol. The predicted octanol–water partition coefficient (Wildman–Crippen LogP) is 3.94. The summed E-state index contributed by atoms with van der Waals surface area (Å²) in [5, 5.41) is 3.10. The van der Waals surface area contributed by atoms with Crippen LogP contribution in [-0.2, 0) is 0 Å². The van der Waals surface area contributed by atoms with Crippen molar-refractivity contribution >= 4 is 6.03 Å². The fourth-order valence-electron chi connectivity index (χ4n) is 3.28. The van der Waals surface area contributed by atoms with Gasteiger partial charge in [0.25, 0.3) is 0 Å². The Hall–Kier alpha value is -2.89. The lowest BCUT2D eigenvalue weighted by Crippen LogP contribution is -2.59. The number of methoxy groups -OCH3 is 2. The van der Waals surface area contributed by atoms with Crippen molar-refractivity contribution in [1.29, 1.82) is 0 Å². The monoisotopic (exact) mass is 384 g/mol. The highest BCUT2D eigenvalue weighted by Crippen LogP contribution is 2.31. The number of hydrogen-bond donors (Lipinski definition) is 1. The van der Waals surface area contributed by atoms with E-state index in [0.29, 0.717) is 24.6 Å². The van der Waals surface area contributed by atoms with E-state index in [4.69, 9.17) is 14.2 Å². The van der Waals surface area contributed by atoms with Crippen molar-refractivity contribution in [3.63, 3.8) is 0 Å². The molecule has 0 spiro atoms. The van der Waals surface area contributed by atoms with Crippen LogP contribution in [-0.4, -0.2) is 44.3 Å². The fraction of sp³-hybridized carbons (Fsp3) is 0.409. The van der Waals surface area contributed by atoms with Gasteiger partial charge in [-0.15, -0.1) is 0 Å². The van der Waals surface area contributed by atoms with Gasteiger partial charge in [0, 0.05) is 0 Å². The van der Waals surface area contributed by atoms with E-state index in [-0.39, 0.29) is 18.2 Å². The molecule has 0 aliphatic carbocycles. The van der Waals surface area contributed by atoms with Crippen molar-refractivity contribution in [2.45, 2.75) is 32.4 Å². The lowest BCUT2D eigenvalue weighted by Gasteiger charge is -2.39. The zero-order chi connectivity index (χ0) is 20.1. The molecule has 2 aromatic carbocycles. The maximum Gasteiger partial charge on any atom is 0.318 e. The van der Waals surface area contributed by atoms with Crippen LogP contribution in [0.3, 0.4) is 0 Å². The smallest absolute Gasteiger partial charge is 0.318 e. The predicted molar refractivity (Wildman–Crippen MR) is 108 cm³/mol. The summed E-state index contributed by atoms with van der Waals surface area (Å²) in [6, 6.07) is 13.5. The summed E-state index contributed by atoms with van der Waals surface area (Å²) in [5.74, 6) is 2.21. The first kappa shape index (κ1) is 19.9. The number of rotatable bonds is 7. The molecule has 1 aliphatic rings. The zero-order valence-corrected chi connectivity index (χ0v) is 16.9. The third kappa shape index (κ3) is 4.32. The molecule has 28 heavy (non-hydrogen) atoms. The van der Waals surface area contributed by atoms with Crippen molar-refractivity contribution in [3.05, 3.63) is 53.6 Å². The van der Waals surface area contributed by atoms with Gasteiger partial charge >= 0.3 is 6.03 Å². The molecule has 1 heterocycles. The van der Waals surface area contributed by atoms with E-state index in [9.17, 15) is 4.79 Å². The average Bonchev–Trinajstić information content (AvgIpc) is 2.69. The van der Waals surface area contributed by atoms with Crippen LogP contribution in [0.1, 0.15) is 30.5 Å². The Balaban J connectivity index is 1.56. The summed E-state index contributed by atoms with van der Waals surface area (Å²) in [6.07, 6.45) is 0.811. The number of carbonyl (C=O) groups is 1. The number of aryl methyl sites for hydroxylation is 1. The number of nitrogens with zero attached hydrogens (tertiary/aromatic N) is 1. The van der Waals surface area contributed by atoms with E-state index in [1.165, 1.54) is 0 Å². The first-order valence-corrected chi connectivity index (χ1v) is 9.55. The molecule has 150 valence electrons. The van der Waals surface area contributed by atoms with Crippen LogP contribution in [0, 0.1) is 6.92 Å². The number of para-hydroxylation sites is 1. The normalized spacial score (nSPS) is 14.8.